The van der Waals surface area contributed by atoms with E-state index in [1.807, 2.05) is 0 Å². The molecule has 8 heteroatoms. The lowest BCUT2D eigenvalue weighted by atomic mass is 10.6. The third-order valence-electron chi connectivity index (χ3n) is 2.01. The van der Waals surface area contributed by atoms with Crippen molar-refractivity contribution >= 4 is 0 Å². The molecule has 0 spiro atoms. The predicted octanol–water partition coefficient (Wildman–Crippen LogP) is -0.843. The molecule has 0 aromatic carbocycles. The molecule has 0 saturated carbocycles. The summed E-state index contributed by atoms with van der Waals surface area (Å²) in [6.45, 7) is 3.38. The lowest BCUT2D eigenvalue weighted by Crippen LogP contribution is -2.25. The van der Waals surface area contributed by atoms with Crippen molar-refractivity contribution in [3.05, 3.63) is 0 Å². The Morgan fingerprint density at radius 3 is 2.20 bits per heavy atom. The van der Waals surface area contributed by atoms with Gasteiger partial charge in [0.15, 0.2) is 6.29 Å². The Kier molecular flexibility index (Phi) is 14.8. The first-order valence-corrected chi connectivity index (χ1v) is 6.61. The van der Waals surface area contributed by atoms with E-state index in [0.717, 1.165) is 0 Å². The highest BCUT2D eigenvalue weighted by molar-refractivity contribution is 4.42. The number of aliphatic hydroxyl groups is 2. The van der Waals surface area contributed by atoms with Crippen LogP contribution in [-0.2, 0) is 28.8 Å². The fourth-order valence-corrected chi connectivity index (χ4v) is 1.18. The second kappa shape index (κ2) is 15.1. The topological polar surface area (TPSA) is 107 Å². The first-order valence-electron chi connectivity index (χ1n) is 6.61. The minimum atomic E-state index is -1.32. The second-order valence-electron chi connectivity index (χ2n) is 3.70. The van der Waals surface area contributed by atoms with Crippen molar-refractivity contribution < 1.29 is 39.0 Å². The predicted molar refractivity (Wildman–Crippen MR) is 67.6 cm³/mol. The highest BCUT2D eigenvalue weighted by atomic mass is 16.7. The van der Waals surface area contributed by atoms with Gasteiger partial charge in [-0.1, -0.05) is 0 Å². The van der Waals surface area contributed by atoms with Gasteiger partial charge < -0.3 is 33.9 Å². The summed E-state index contributed by atoms with van der Waals surface area (Å²) < 4.78 is 24.8. The zero-order chi connectivity index (χ0) is 15.1. The molecule has 2 N–H and O–H groups in total. The van der Waals surface area contributed by atoms with Gasteiger partial charge in [-0.2, -0.15) is 5.11 Å². The smallest absolute Gasteiger partial charge is 0.215 e. The minimum Gasteiger partial charge on any atom is -0.394 e. The Bertz CT molecular complexity index is 192. The van der Waals surface area contributed by atoms with Gasteiger partial charge in [0.25, 0.3) is 0 Å². The molecule has 0 fully saturated rings. The third kappa shape index (κ3) is 14.1. The van der Waals surface area contributed by atoms with E-state index >= 15 is 0 Å². The Morgan fingerprint density at radius 1 is 0.900 bits per heavy atom. The lowest BCUT2D eigenvalue weighted by Gasteiger charge is -2.13. The standard InChI is InChI=1S/C12H25O8/c1-2-19-11(14)9-18-10-12(15)20-8-7-17-6-5-16-4-3-13/h11-14H,2-10H2,1H3. The van der Waals surface area contributed by atoms with Crippen LogP contribution in [0.25, 0.3) is 0 Å². The van der Waals surface area contributed by atoms with Crippen molar-refractivity contribution in [3.63, 3.8) is 0 Å². The van der Waals surface area contributed by atoms with Crippen molar-refractivity contribution in [2.24, 2.45) is 0 Å². The first kappa shape index (κ1) is 19.7. The normalized spacial score (nSPS) is 14.4. The molecule has 0 aliphatic carbocycles. The van der Waals surface area contributed by atoms with Crippen LogP contribution >= 0.6 is 0 Å². The van der Waals surface area contributed by atoms with E-state index in [2.05, 4.69) is 0 Å². The fraction of sp³-hybridized carbons (Fsp3) is 1.00. The molecule has 0 aliphatic heterocycles. The Hall–Kier alpha value is -0.320. The van der Waals surface area contributed by atoms with E-state index in [0.29, 0.717) is 19.8 Å². The summed E-state index contributed by atoms with van der Waals surface area (Å²) >= 11 is 0. The third-order valence-corrected chi connectivity index (χ3v) is 2.01. The van der Waals surface area contributed by atoms with Gasteiger partial charge >= 0.3 is 0 Å². The van der Waals surface area contributed by atoms with Crippen molar-refractivity contribution in [1.82, 2.24) is 0 Å². The maximum atomic E-state index is 11.3. The molecule has 0 aromatic rings. The van der Waals surface area contributed by atoms with Crippen LogP contribution in [0.3, 0.4) is 0 Å². The average molecular weight is 297 g/mol. The molecule has 0 aromatic heterocycles. The summed E-state index contributed by atoms with van der Waals surface area (Å²) in [6, 6.07) is 0. The molecule has 0 saturated heterocycles. The van der Waals surface area contributed by atoms with Crippen LogP contribution in [0.1, 0.15) is 6.92 Å². The molecule has 2 unspecified atom stereocenters. The summed E-state index contributed by atoms with van der Waals surface area (Å²) in [5.41, 5.74) is 0. The van der Waals surface area contributed by atoms with Crippen LogP contribution in [0, 0.1) is 0 Å². The Labute approximate surface area is 119 Å². The van der Waals surface area contributed by atoms with Crippen LogP contribution in [-0.4, -0.2) is 82.3 Å². The van der Waals surface area contributed by atoms with Gasteiger partial charge in [0.05, 0.1) is 46.2 Å². The molecular weight excluding hydrogens is 272 g/mol. The number of aliphatic hydroxyl groups excluding tert-OH is 2. The van der Waals surface area contributed by atoms with E-state index < -0.39 is 12.6 Å². The first-order chi connectivity index (χ1) is 9.70. The molecule has 20 heavy (non-hydrogen) atoms. The molecule has 0 amide bonds. The largest absolute Gasteiger partial charge is 0.394 e. The molecular formula is C12H25O8. The second-order valence-corrected chi connectivity index (χ2v) is 3.70. The summed E-state index contributed by atoms with van der Waals surface area (Å²) in [6.07, 6.45) is -2.34. The monoisotopic (exact) mass is 297 g/mol. The van der Waals surface area contributed by atoms with Crippen LogP contribution in [0.2, 0.25) is 0 Å². The lowest BCUT2D eigenvalue weighted by molar-refractivity contribution is -0.197. The van der Waals surface area contributed by atoms with Crippen molar-refractivity contribution in [3.8, 4) is 0 Å². The maximum absolute atomic E-state index is 11.3. The summed E-state index contributed by atoms with van der Waals surface area (Å²) in [5, 5.41) is 28.9. The van der Waals surface area contributed by atoms with Crippen LogP contribution in [0.5, 0.6) is 0 Å². The molecule has 121 valence electrons. The van der Waals surface area contributed by atoms with Crippen LogP contribution in [0.15, 0.2) is 0 Å². The number of rotatable bonds is 15. The van der Waals surface area contributed by atoms with Crippen molar-refractivity contribution in [1.29, 1.82) is 0 Å². The molecule has 2 atom stereocenters. The van der Waals surface area contributed by atoms with E-state index in [1.165, 1.54) is 0 Å². The van der Waals surface area contributed by atoms with Crippen LogP contribution < -0.4 is 0 Å². The van der Waals surface area contributed by atoms with E-state index in [1.54, 1.807) is 6.92 Å². The van der Waals surface area contributed by atoms with Crippen molar-refractivity contribution in [2.75, 3.05) is 59.5 Å². The molecule has 0 heterocycles. The summed E-state index contributed by atoms with van der Waals surface area (Å²) in [7, 11) is 0. The quantitative estimate of drug-likeness (QED) is 0.300. The van der Waals surface area contributed by atoms with Gasteiger partial charge in [-0.15, -0.1) is 0 Å². The molecule has 0 aliphatic rings. The number of hydrogen-bond acceptors (Lipinski definition) is 7. The molecule has 1 radical (unpaired) electrons. The van der Waals surface area contributed by atoms with Gasteiger partial charge in [0.1, 0.15) is 6.61 Å². The molecule has 8 nitrogen and oxygen atoms in total. The fourth-order valence-electron chi connectivity index (χ4n) is 1.18. The zero-order valence-corrected chi connectivity index (χ0v) is 11.9. The number of hydrogen-bond donors (Lipinski definition) is 2. The molecule has 0 rings (SSSR count). The summed E-state index contributed by atoms with van der Waals surface area (Å²) in [4.78, 5) is 0. The maximum Gasteiger partial charge on any atom is 0.215 e. The Morgan fingerprint density at radius 2 is 1.55 bits per heavy atom. The highest BCUT2D eigenvalue weighted by Crippen LogP contribution is 1.93. The van der Waals surface area contributed by atoms with Gasteiger partial charge in [-0.25, -0.2) is 0 Å². The zero-order valence-electron chi connectivity index (χ0n) is 11.9. The highest BCUT2D eigenvalue weighted by Gasteiger charge is 2.09. The Balaban J connectivity index is 3.22. The average Bonchev–Trinajstić information content (AvgIpc) is 2.42. The van der Waals surface area contributed by atoms with E-state index in [-0.39, 0.29) is 39.6 Å². The van der Waals surface area contributed by atoms with Gasteiger partial charge in [0, 0.05) is 6.61 Å². The SMILES string of the molecule is CCOC(O)COCC([O])OCCOCCOCCO. The summed E-state index contributed by atoms with van der Waals surface area (Å²) in [5.74, 6) is 0. The van der Waals surface area contributed by atoms with E-state index in [4.69, 9.17) is 33.9 Å². The van der Waals surface area contributed by atoms with Gasteiger partial charge in [0.2, 0.25) is 6.29 Å². The van der Waals surface area contributed by atoms with Crippen molar-refractivity contribution in [2.45, 2.75) is 19.5 Å². The van der Waals surface area contributed by atoms with Gasteiger partial charge in [-0.3, -0.25) is 0 Å². The van der Waals surface area contributed by atoms with Crippen LogP contribution in [0.4, 0.5) is 0 Å². The number of ether oxygens (including phenoxy) is 5. The minimum absolute atomic E-state index is 0.0149. The molecule has 0 bridgehead atoms. The van der Waals surface area contributed by atoms with Gasteiger partial charge in [-0.05, 0) is 6.92 Å². The van der Waals surface area contributed by atoms with E-state index in [9.17, 15) is 5.11 Å².